The SMILES string of the molecule is COc1cc2nc(NC3CCC(C4CCCCCC4)CC3N)ncc2cc1-c1c(Cl)c(OC)cc(OC)c1Cl. The van der Waals surface area contributed by atoms with Crippen LogP contribution < -0.4 is 25.3 Å². The predicted octanol–water partition coefficient (Wildman–Crippen LogP) is 7.51. The molecule has 1 aromatic heterocycles. The Labute approximate surface area is 240 Å². The molecule has 2 aromatic carbocycles. The number of nitrogens with one attached hydrogen (secondary N) is 1. The Bertz CT molecular complexity index is 1290. The number of fused-ring (bicyclic) bond motifs is 1. The van der Waals surface area contributed by atoms with Crippen LogP contribution in [0, 0.1) is 11.8 Å². The van der Waals surface area contributed by atoms with Gasteiger partial charge in [-0.2, -0.15) is 0 Å². The molecule has 0 bridgehead atoms. The van der Waals surface area contributed by atoms with Gasteiger partial charge in [0, 0.05) is 46.9 Å². The summed E-state index contributed by atoms with van der Waals surface area (Å²) in [4.78, 5) is 9.43. The zero-order valence-corrected chi connectivity index (χ0v) is 24.4. The van der Waals surface area contributed by atoms with Crippen LogP contribution in [0.1, 0.15) is 57.8 Å². The van der Waals surface area contributed by atoms with E-state index in [0.717, 1.165) is 35.6 Å². The van der Waals surface area contributed by atoms with E-state index >= 15 is 0 Å². The van der Waals surface area contributed by atoms with Crippen molar-refractivity contribution in [2.24, 2.45) is 17.6 Å². The third kappa shape index (κ3) is 5.86. The first-order valence-corrected chi connectivity index (χ1v) is 14.7. The second-order valence-electron chi connectivity index (χ2n) is 10.8. The van der Waals surface area contributed by atoms with E-state index in [-0.39, 0.29) is 12.1 Å². The van der Waals surface area contributed by atoms with Crippen LogP contribution in [0.4, 0.5) is 5.95 Å². The van der Waals surface area contributed by atoms with Crippen molar-refractivity contribution in [3.8, 4) is 28.4 Å². The fraction of sp³-hybridized carbons (Fsp3) is 0.533. The molecule has 7 nitrogen and oxygen atoms in total. The maximum atomic E-state index is 6.70. The average Bonchev–Trinajstić information content (AvgIpc) is 3.24. The van der Waals surface area contributed by atoms with Gasteiger partial charge >= 0.3 is 0 Å². The Kier molecular flexibility index (Phi) is 8.89. The summed E-state index contributed by atoms with van der Waals surface area (Å²) < 4.78 is 16.7. The highest BCUT2D eigenvalue weighted by Crippen LogP contribution is 2.49. The Morgan fingerprint density at radius 1 is 0.821 bits per heavy atom. The van der Waals surface area contributed by atoms with Crippen LogP contribution in [0.15, 0.2) is 24.4 Å². The predicted molar refractivity (Wildman–Crippen MR) is 159 cm³/mol. The second-order valence-corrected chi connectivity index (χ2v) is 11.6. The summed E-state index contributed by atoms with van der Waals surface area (Å²) in [5.41, 5.74) is 8.70. The van der Waals surface area contributed by atoms with Crippen molar-refractivity contribution in [2.45, 2.75) is 69.9 Å². The highest BCUT2D eigenvalue weighted by molar-refractivity contribution is 6.41. The first-order valence-electron chi connectivity index (χ1n) is 13.9. The number of methoxy groups -OCH3 is 3. The lowest BCUT2D eigenvalue weighted by atomic mass is 9.73. The Morgan fingerprint density at radius 3 is 2.10 bits per heavy atom. The van der Waals surface area contributed by atoms with E-state index in [4.69, 9.17) is 48.1 Å². The number of aromatic nitrogens is 2. The minimum absolute atomic E-state index is 0.0931. The van der Waals surface area contributed by atoms with E-state index in [1.807, 2.05) is 12.1 Å². The standard InChI is InChI=1S/C30H38Cl2N4O3/c1-37-24-14-23-19(12-20(24)27-28(31)25(38-2)15-26(39-3)29(27)32)16-34-30(36-23)35-22-11-10-18(13-21(22)33)17-8-6-4-5-7-9-17/h12,14-18,21-22H,4-11,13,33H2,1-3H3,(H,34,35,36). The summed E-state index contributed by atoms with van der Waals surface area (Å²) in [6.07, 6.45) is 13.4. The molecule has 0 amide bonds. The summed E-state index contributed by atoms with van der Waals surface area (Å²) in [6, 6.07) is 5.72. The topological polar surface area (TPSA) is 91.5 Å². The van der Waals surface area contributed by atoms with Crippen LogP contribution in [0.25, 0.3) is 22.0 Å². The van der Waals surface area contributed by atoms with Crippen molar-refractivity contribution >= 4 is 40.1 Å². The van der Waals surface area contributed by atoms with Gasteiger partial charge in [-0.1, -0.05) is 61.7 Å². The van der Waals surface area contributed by atoms with Gasteiger partial charge in [0.2, 0.25) is 5.95 Å². The lowest BCUT2D eigenvalue weighted by Gasteiger charge is -2.38. The molecule has 0 aliphatic heterocycles. The summed E-state index contributed by atoms with van der Waals surface area (Å²) >= 11 is 13.4. The van der Waals surface area contributed by atoms with Gasteiger partial charge in [-0.25, -0.2) is 9.97 Å². The summed E-state index contributed by atoms with van der Waals surface area (Å²) in [5.74, 6) is 3.64. The van der Waals surface area contributed by atoms with Gasteiger partial charge in [0.25, 0.3) is 0 Å². The lowest BCUT2D eigenvalue weighted by Crippen LogP contribution is -2.46. The van der Waals surface area contributed by atoms with Crippen LogP contribution >= 0.6 is 23.2 Å². The smallest absolute Gasteiger partial charge is 0.223 e. The number of benzene rings is 2. The number of anilines is 1. The molecule has 3 atom stereocenters. The number of hydrogen-bond donors (Lipinski definition) is 2. The van der Waals surface area contributed by atoms with Crippen molar-refractivity contribution in [1.29, 1.82) is 0 Å². The van der Waals surface area contributed by atoms with Crippen molar-refractivity contribution < 1.29 is 14.2 Å². The lowest BCUT2D eigenvalue weighted by molar-refractivity contribution is 0.201. The molecule has 1 heterocycles. The highest BCUT2D eigenvalue weighted by Gasteiger charge is 2.33. The largest absolute Gasteiger partial charge is 0.496 e. The van der Waals surface area contributed by atoms with Gasteiger partial charge in [-0.3, -0.25) is 0 Å². The average molecular weight is 574 g/mol. The van der Waals surface area contributed by atoms with E-state index in [2.05, 4.69) is 10.3 Å². The molecule has 2 saturated carbocycles. The van der Waals surface area contributed by atoms with Gasteiger partial charge in [-0.15, -0.1) is 0 Å². The number of ether oxygens (including phenoxy) is 3. The van der Waals surface area contributed by atoms with Crippen molar-refractivity contribution in [2.75, 3.05) is 26.6 Å². The number of nitrogens with zero attached hydrogens (tertiary/aromatic N) is 2. The third-order valence-corrected chi connectivity index (χ3v) is 9.32. The molecule has 0 spiro atoms. The monoisotopic (exact) mass is 572 g/mol. The van der Waals surface area contributed by atoms with Gasteiger partial charge < -0.3 is 25.3 Å². The fourth-order valence-electron chi connectivity index (χ4n) is 6.41. The molecule has 3 N–H and O–H groups in total. The summed E-state index contributed by atoms with van der Waals surface area (Å²) in [7, 11) is 4.71. The van der Waals surface area contributed by atoms with E-state index in [9.17, 15) is 0 Å². The number of rotatable bonds is 7. The van der Waals surface area contributed by atoms with E-state index in [0.29, 0.717) is 44.4 Å². The Morgan fingerprint density at radius 2 is 1.49 bits per heavy atom. The molecule has 3 aromatic rings. The van der Waals surface area contributed by atoms with Crippen molar-refractivity contribution in [3.05, 3.63) is 34.4 Å². The molecular formula is C30H38Cl2N4O3. The molecule has 3 unspecified atom stereocenters. The number of hydrogen-bond acceptors (Lipinski definition) is 7. The summed E-state index contributed by atoms with van der Waals surface area (Å²) in [5, 5.41) is 5.09. The van der Waals surface area contributed by atoms with Crippen LogP contribution in [0.3, 0.4) is 0 Å². The van der Waals surface area contributed by atoms with Gasteiger partial charge in [0.1, 0.15) is 17.2 Å². The molecule has 9 heteroatoms. The molecule has 2 aliphatic rings. The molecular weight excluding hydrogens is 535 g/mol. The fourth-order valence-corrected chi connectivity index (χ4v) is 7.11. The molecule has 39 heavy (non-hydrogen) atoms. The maximum absolute atomic E-state index is 6.70. The first-order chi connectivity index (χ1) is 18.9. The Balaban J connectivity index is 1.39. The molecule has 0 saturated heterocycles. The van der Waals surface area contributed by atoms with Crippen LogP contribution in [-0.2, 0) is 0 Å². The number of nitrogens with two attached hydrogens (primary N) is 1. The third-order valence-electron chi connectivity index (χ3n) is 8.57. The second kappa shape index (κ2) is 12.4. The van der Waals surface area contributed by atoms with Crippen molar-refractivity contribution in [3.63, 3.8) is 0 Å². The molecule has 210 valence electrons. The molecule has 5 rings (SSSR count). The normalized spacial score (nSPS) is 22.4. The Hall–Kier alpha value is -2.48. The van der Waals surface area contributed by atoms with E-state index in [1.165, 1.54) is 44.9 Å². The van der Waals surface area contributed by atoms with Crippen LogP contribution in [-0.4, -0.2) is 43.4 Å². The van der Waals surface area contributed by atoms with Gasteiger partial charge in [-0.05, 0) is 37.2 Å². The summed E-state index contributed by atoms with van der Waals surface area (Å²) in [6.45, 7) is 0. The maximum Gasteiger partial charge on any atom is 0.223 e. The zero-order valence-electron chi connectivity index (χ0n) is 22.9. The number of halogens is 2. The van der Waals surface area contributed by atoms with Crippen molar-refractivity contribution in [1.82, 2.24) is 9.97 Å². The minimum Gasteiger partial charge on any atom is -0.496 e. The molecule has 2 fully saturated rings. The molecule has 2 aliphatic carbocycles. The zero-order chi connectivity index (χ0) is 27.5. The minimum atomic E-state index is 0.0931. The van der Waals surface area contributed by atoms with Gasteiger partial charge in [0.15, 0.2) is 0 Å². The van der Waals surface area contributed by atoms with E-state index in [1.54, 1.807) is 33.6 Å². The van der Waals surface area contributed by atoms with E-state index < -0.39 is 0 Å². The highest BCUT2D eigenvalue weighted by atomic mass is 35.5. The quantitative estimate of drug-likeness (QED) is 0.283. The van der Waals surface area contributed by atoms with Gasteiger partial charge in [0.05, 0.1) is 36.9 Å². The van der Waals surface area contributed by atoms with Crippen LogP contribution in [0.2, 0.25) is 10.0 Å². The van der Waals surface area contributed by atoms with Crippen LogP contribution in [0.5, 0.6) is 17.2 Å². The first kappa shape index (κ1) is 28.1. The molecule has 0 radical (unpaired) electrons.